The maximum atomic E-state index is 13.8. The largest absolute Gasteiger partial charge is 0.337 e. The monoisotopic (exact) mass is 309 g/mol. The second-order valence-electron chi connectivity index (χ2n) is 3.93. The Bertz CT molecular complexity index is 776. The van der Waals surface area contributed by atoms with E-state index in [-0.39, 0.29) is 11.6 Å². The molecule has 0 aliphatic carbocycles. The number of aromatic nitrogens is 2. The molecule has 0 amide bonds. The second-order valence-corrected chi connectivity index (χ2v) is 5.26. The van der Waals surface area contributed by atoms with Crippen molar-refractivity contribution in [2.45, 2.75) is 0 Å². The summed E-state index contributed by atoms with van der Waals surface area (Å²) in [4.78, 5) is 9.16. The fraction of sp³-hybridized carbons (Fsp3) is 0. The molecule has 20 heavy (non-hydrogen) atoms. The van der Waals surface area contributed by atoms with Gasteiger partial charge in [-0.1, -0.05) is 11.6 Å². The molecule has 102 valence electrons. The van der Waals surface area contributed by atoms with Gasteiger partial charge in [0, 0.05) is 5.02 Å². The minimum Gasteiger partial charge on any atom is -0.337 e. The Morgan fingerprint density at radius 2 is 2.10 bits per heavy atom. The Kier molecular flexibility index (Phi) is 3.39. The lowest BCUT2D eigenvalue weighted by Crippen LogP contribution is -2.11. The second kappa shape index (κ2) is 5.20. The molecule has 0 saturated carbocycles. The van der Waals surface area contributed by atoms with E-state index in [4.69, 9.17) is 17.4 Å². The molecule has 0 fully saturated rings. The van der Waals surface area contributed by atoms with E-state index in [2.05, 4.69) is 20.7 Å². The first-order valence-corrected chi connectivity index (χ1v) is 6.87. The van der Waals surface area contributed by atoms with Gasteiger partial charge in [0.15, 0.2) is 0 Å². The molecule has 0 atom stereocenters. The maximum absolute atomic E-state index is 13.8. The first-order chi connectivity index (χ1) is 9.67. The summed E-state index contributed by atoms with van der Waals surface area (Å²) in [5.41, 5.74) is 2.67. The van der Waals surface area contributed by atoms with Crippen LogP contribution < -0.4 is 16.6 Å². The molecular weight excluding hydrogens is 301 g/mol. The third kappa shape index (κ3) is 2.38. The van der Waals surface area contributed by atoms with Gasteiger partial charge in [-0.3, -0.25) is 5.43 Å². The molecule has 0 radical (unpaired) electrons. The molecule has 0 saturated heterocycles. The predicted octanol–water partition coefficient (Wildman–Crippen LogP) is 3.51. The summed E-state index contributed by atoms with van der Waals surface area (Å²) in [5.74, 6) is 5.61. The van der Waals surface area contributed by atoms with Crippen LogP contribution >= 0.6 is 22.9 Å². The van der Waals surface area contributed by atoms with E-state index in [1.807, 2.05) is 11.4 Å². The highest BCUT2D eigenvalue weighted by molar-refractivity contribution is 7.16. The van der Waals surface area contributed by atoms with Crippen LogP contribution in [0.5, 0.6) is 0 Å². The smallest absolute Gasteiger partial charge is 0.240 e. The molecular formula is C12H9ClFN5S. The predicted molar refractivity (Wildman–Crippen MR) is 79.9 cm³/mol. The van der Waals surface area contributed by atoms with Crippen molar-refractivity contribution in [3.63, 3.8) is 0 Å². The van der Waals surface area contributed by atoms with Gasteiger partial charge in [-0.2, -0.15) is 4.98 Å². The molecule has 5 nitrogen and oxygen atoms in total. The van der Waals surface area contributed by atoms with E-state index in [9.17, 15) is 4.39 Å². The minimum atomic E-state index is -0.457. The van der Waals surface area contributed by atoms with E-state index >= 15 is 0 Å². The van der Waals surface area contributed by atoms with Gasteiger partial charge in [0.25, 0.3) is 0 Å². The molecule has 2 aromatic heterocycles. The summed E-state index contributed by atoms with van der Waals surface area (Å²) in [6, 6.07) is 6.24. The van der Waals surface area contributed by atoms with Crippen LogP contribution in [-0.2, 0) is 0 Å². The van der Waals surface area contributed by atoms with E-state index in [0.717, 1.165) is 10.2 Å². The van der Waals surface area contributed by atoms with Crippen molar-refractivity contribution in [1.29, 1.82) is 0 Å². The Balaban J connectivity index is 2.07. The normalized spacial score (nSPS) is 10.8. The summed E-state index contributed by atoms with van der Waals surface area (Å²) >= 11 is 7.17. The van der Waals surface area contributed by atoms with Crippen molar-refractivity contribution in [3.05, 3.63) is 40.5 Å². The number of hydrazine groups is 1. The first kappa shape index (κ1) is 13.0. The van der Waals surface area contributed by atoms with Gasteiger partial charge >= 0.3 is 0 Å². The average molecular weight is 310 g/mol. The van der Waals surface area contributed by atoms with E-state index < -0.39 is 5.82 Å². The molecule has 1 aromatic carbocycles. The Hall–Kier alpha value is -1.96. The number of hydrogen-bond acceptors (Lipinski definition) is 6. The summed E-state index contributed by atoms with van der Waals surface area (Å²) in [6.07, 6.45) is 0. The summed E-state index contributed by atoms with van der Waals surface area (Å²) in [6.45, 7) is 0. The number of nitrogen functional groups attached to an aromatic ring is 1. The van der Waals surface area contributed by atoms with Gasteiger partial charge in [-0.25, -0.2) is 15.2 Å². The van der Waals surface area contributed by atoms with Gasteiger partial charge in [0.05, 0.1) is 11.1 Å². The number of nitrogens with one attached hydrogen (secondary N) is 2. The van der Waals surface area contributed by atoms with E-state index in [0.29, 0.717) is 10.8 Å². The van der Waals surface area contributed by atoms with Crippen LogP contribution in [0.2, 0.25) is 5.02 Å². The van der Waals surface area contributed by atoms with Crippen LogP contribution in [0.15, 0.2) is 29.6 Å². The van der Waals surface area contributed by atoms with Crippen molar-refractivity contribution >= 4 is 50.6 Å². The maximum Gasteiger partial charge on any atom is 0.240 e. The van der Waals surface area contributed by atoms with E-state index in [1.165, 1.54) is 17.4 Å². The van der Waals surface area contributed by atoms with Crippen LogP contribution in [-0.4, -0.2) is 9.97 Å². The Morgan fingerprint density at radius 3 is 2.85 bits per heavy atom. The third-order valence-corrected chi connectivity index (χ3v) is 3.68. The first-order valence-electron chi connectivity index (χ1n) is 5.61. The molecule has 0 aliphatic heterocycles. The summed E-state index contributed by atoms with van der Waals surface area (Å²) < 4.78 is 13.8. The molecule has 0 aliphatic rings. The van der Waals surface area contributed by atoms with Gasteiger partial charge in [-0.05, 0) is 29.6 Å². The summed E-state index contributed by atoms with van der Waals surface area (Å²) in [7, 11) is 0. The standard InChI is InChI=1S/C12H9ClFN5S/c13-6-1-2-9(8(14)5-6)16-10-7-3-4-20-11(7)18-12(17-10)19-15/h1-5H,15H2,(H2,16,17,18,19). The number of benzene rings is 1. The van der Waals surface area contributed by atoms with E-state index in [1.54, 1.807) is 12.1 Å². The number of halogens is 2. The lowest BCUT2D eigenvalue weighted by Gasteiger charge is -2.09. The van der Waals surface area contributed by atoms with Gasteiger partial charge < -0.3 is 5.32 Å². The van der Waals surface area contributed by atoms with Crippen molar-refractivity contribution in [2.24, 2.45) is 5.84 Å². The number of anilines is 3. The summed E-state index contributed by atoms with van der Waals surface area (Å²) in [5, 5.41) is 5.94. The fourth-order valence-electron chi connectivity index (χ4n) is 1.73. The number of nitrogens with two attached hydrogens (primary N) is 1. The van der Waals surface area contributed by atoms with Crippen LogP contribution in [0.1, 0.15) is 0 Å². The fourth-order valence-corrected chi connectivity index (χ4v) is 2.66. The Labute approximate surface area is 122 Å². The van der Waals surface area contributed by atoms with Crippen molar-refractivity contribution in [2.75, 3.05) is 10.7 Å². The molecule has 8 heteroatoms. The van der Waals surface area contributed by atoms with Crippen LogP contribution in [0.3, 0.4) is 0 Å². The molecule has 4 N–H and O–H groups in total. The van der Waals surface area contributed by atoms with Crippen molar-refractivity contribution in [3.8, 4) is 0 Å². The number of nitrogens with zero attached hydrogens (tertiary/aromatic N) is 2. The number of fused-ring (bicyclic) bond motifs is 1. The van der Waals surface area contributed by atoms with Crippen molar-refractivity contribution in [1.82, 2.24) is 9.97 Å². The van der Waals surface area contributed by atoms with Gasteiger partial charge in [0.2, 0.25) is 5.95 Å². The molecule has 3 rings (SSSR count). The van der Waals surface area contributed by atoms with Crippen LogP contribution in [0, 0.1) is 5.82 Å². The van der Waals surface area contributed by atoms with Gasteiger partial charge in [-0.15, -0.1) is 11.3 Å². The van der Waals surface area contributed by atoms with Crippen molar-refractivity contribution < 1.29 is 4.39 Å². The van der Waals surface area contributed by atoms with Gasteiger partial charge in [0.1, 0.15) is 16.5 Å². The molecule has 0 bridgehead atoms. The van der Waals surface area contributed by atoms with Crippen LogP contribution in [0.4, 0.5) is 21.8 Å². The molecule has 2 heterocycles. The number of hydrogen-bond donors (Lipinski definition) is 3. The lowest BCUT2D eigenvalue weighted by atomic mass is 10.3. The highest BCUT2D eigenvalue weighted by atomic mass is 35.5. The quantitative estimate of drug-likeness (QED) is 0.510. The zero-order valence-electron chi connectivity index (χ0n) is 10.0. The number of rotatable bonds is 3. The highest BCUT2D eigenvalue weighted by Gasteiger charge is 2.11. The Morgan fingerprint density at radius 1 is 1.25 bits per heavy atom. The zero-order chi connectivity index (χ0) is 14.1. The topological polar surface area (TPSA) is 75.9 Å². The average Bonchev–Trinajstić information content (AvgIpc) is 2.90. The zero-order valence-corrected chi connectivity index (χ0v) is 11.6. The number of thiophene rings is 1. The lowest BCUT2D eigenvalue weighted by molar-refractivity contribution is 0.632. The van der Waals surface area contributed by atoms with Crippen LogP contribution in [0.25, 0.3) is 10.2 Å². The molecule has 0 spiro atoms. The minimum absolute atomic E-state index is 0.261. The molecule has 0 unspecified atom stereocenters. The molecule has 3 aromatic rings. The SMILES string of the molecule is NNc1nc(Nc2ccc(Cl)cc2F)c2ccsc2n1. The third-order valence-electron chi connectivity index (χ3n) is 2.64. The highest BCUT2D eigenvalue weighted by Crippen LogP contribution is 2.30.